The van der Waals surface area contributed by atoms with Crippen molar-refractivity contribution in [2.24, 2.45) is 0 Å². The van der Waals surface area contributed by atoms with Crippen LogP contribution in [-0.2, 0) is 6.54 Å². The van der Waals surface area contributed by atoms with Gasteiger partial charge in [0.05, 0.1) is 16.4 Å². The molecule has 0 spiro atoms. The molecule has 1 aromatic carbocycles. The van der Waals surface area contributed by atoms with Crippen molar-refractivity contribution < 1.29 is 9.18 Å². The van der Waals surface area contributed by atoms with Crippen molar-refractivity contribution in [2.75, 3.05) is 5.32 Å². The van der Waals surface area contributed by atoms with Crippen LogP contribution in [-0.4, -0.2) is 16.2 Å². The maximum absolute atomic E-state index is 13.2. The Labute approximate surface area is 111 Å². The van der Waals surface area contributed by atoms with Crippen LogP contribution in [0, 0.1) is 5.82 Å². The Morgan fingerprint density at radius 2 is 2.33 bits per heavy atom. The Morgan fingerprint density at radius 1 is 1.50 bits per heavy atom. The summed E-state index contributed by atoms with van der Waals surface area (Å²) >= 11 is 3.06. The molecule has 0 atom stereocenters. The molecule has 2 rings (SSSR count). The molecule has 0 aliphatic rings. The molecular formula is C11H10BrFN4O. The summed E-state index contributed by atoms with van der Waals surface area (Å²) in [5.74, 6) is -0.357. The van der Waals surface area contributed by atoms with Gasteiger partial charge in [-0.3, -0.25) is 5.10 Å². The van der Waals surface area contributed by atoms with E-state index in [2.05, 4.69) is 36.8 Å². The van der Waals surface area contributed by atoms with Gasteiger partial charge < -0.3 is 10.6 Å². The van der Waals surface area contributed by atoms with Crippen LogP contribution in [0.3, 0.4) is 0 Å². The highest BCUT2D eigenvalue weighted by atomic mass is 79.9. The summed E-state index contributed by atoms with van der Waals surface area (Å²) < 4.78 is 13.6. The number of H-pyrrole nitrogens is 1. The third kappa shape index (κ3) is 3.30. The molecule has 0 aliphatic heterocycles. The molecular weight excluding hydrogens is 303 g/mol. The van der Waals surface area contributed by atoms with Crippen molar-refractivity contribution in [3.8, 4) is 0 Å². The molecule has 0 unspecified atom stereocenters. The molecule has 0 saturated carbocycles. The molecule has 0 radical (unpaired) electrons. The van der Waals surface area contributed by atoms with Crippen molar-refractivity contribution >= 4 is 27.6 Å². The van der Waals surface area contributed by atoms with Crippen molar-refractivity contribution in [3.63, 3.8) is 0 Å². The van der Waals surface area contributed by atoms with E-state index in [1.165, 1.54) is 12.3 Å². The van der Waals surface area contributed by atoms with Crippen molar-refractivity contribution in [2.45, 2.75) is 6.54 Å². The molecule has 5 nitrogen and oxygen atoms in total. The largest absolute Gasteiger partial charge is 0.334 e. The minimum atomic E-state index is -0.375. The summed E-state index contributed by atoms with van der Waals surface area (Å²) in [6.07, 6.45) is 3.04. The van der Waals surface area contributed by atoms with Gasteiger partial charge in [0.1, 0.15) is 5.82 Å². The summed E-state index contributed by atoms with van der Waals surface area (Å²) in [6, 6.07) is 4.31. The molecule has 2 aromatic rings. The van der Waals surface area contributed by atoms with Crippen LogP contribution in [0.2, 0.25) is 0 Å². The minimum absolute atomic E-state index is 0.244. The summed E-state index contributed by atoms with van der Waals surface area (Å²) in [5, 5.41) is 11.4. The standard InChI is InChI=1S/C11H10BrFN4O/c12-9-2-1-7(3-10(9)13)4-14-11(18)17-8-5-15-16-6-8/h1-3,5-6H,4H2,(H,15,16)(H2,14,17,18). The van der Waals surface area contributed by atoms with E-state index in [-0.39, 0.29) is 18.4 Å². The third-order valence-electron chi connectivity index (χ3n) is 2.19. The van der Waals surface area contributed by atoms with Crippen molar-refractivity contribution in [1.82, 2.24) is 15.5 Å². The van der Waals surface area contributed by atoms with Gasteiger partial charge in [0, 0.05) is 12.7 Å². The first-order chi connectivity index (χ1) is 8.65. The zero-order chi connectivity index (χ0) is 13.0. The highest BCUT2D eigenvalue weighted by molar-refractivity contribution is 9.10. The number of nitrogens with zero attached hydrogens (tertiary/aromatic N) is 1. The fourth-order valence-electron chi connectivity index (χ4n) is 1.33. The van der Waals surface area contributed by atoms with Gasteiger partial charge in [-0.1, -0.05) is 6.07 Å². The van der Waals surface area contributed by atoms with Gasteiger partial charge >= 0.3 is 6.03 Å². The van der Waals surface area contributed by atoms with Crippen LogP contribution in [0.15, 0.2) is 35.1 Å². The molecule has 2 amide bonds. The van der Waals surface area contributed by atoms with Crippen LogP contribution < -0.4 is 10.6 Å². The number of benzene rings is 1. The summed E-state index contributed by atoms with van der Waals surface area (Å²) in [4.78, 5) is 11.5. The van der Waals surface area contributed by atoms with Crippen LogP contribution in [0.1, 0.15) is 5.56 Å². The van der Waals surface area contributed by atoms with Crippen molar-refractivity contribution in [3.05, 3.63) is 46.4 Å². The first-order valence-electron chi connectivity index (χ1n) is 5.13. The molecule has 0 fully saturated rings. The Morgan fingerprint density at radius 3 is 3.00 bits per heavy atom. The number of anilines is 1. The van der Waals surface area contributed by atoms with E-state index in [1.807, 2.05) is 0 Å². The van der Waals surface area contributed by atoms with Crippen LogP contribution in [0.25, 0.3) is 0 Å². The van der Waals surface area contributed by atoms with E-state index in [4.69, 9.17) is 0 Å². The number of nitrogens with one attached hydrogen (secondary N) is 3. The summed E-state index contributed by atoms with van der Waals surface area (Å²) in [5.41, 5.74) is 1.24. The maximum atomic E-state index is 13.2. The second kappa shape index (κ2) is 5.63. The third-order valence-corrected chi connectivity index (χ3v) is 2.84. The normalized spacial score (nSPS) is 10.1. The fourth-order valence-corrected chi connectivity index (χ4v) is 1.57. The molecule has 94 valence electrons. The Balaban J connectivity index is 1.87. The van der Waals surface area contributed by atoms with E-state index in [0.29, 0.717) is 15.7 Å². The maximum Gasteiger partial charge on any atom is 0.319 e. The predicted molar refractivity (Wildman–Crippen MR) is 68.5 cm³/mol. The lowest BCUT2D eigenvalue weighted by atomic mass is 10.2. The van der Waals surface area contributed by atoms with Gasteiger partial charge in [0.25, 0.3) is 0 Å². The second-order valence-electron chi connectivity index (χ2n) is 3.54. The highest BCUT2D eigenvalue weighted by Gasteiger charge is 2.04. The smallest absolute Gasteiger partial charge is 0.319 e. The zero-order valence-electron chi connectivity index (χ0n) is 9.21. The van der Waals surface area contributed by atoms with E-state index < -0.39 is 0 Å². The molecule has 0 aliphatic carbocycles. The van der Waals surface area contributed by atoms with Gasteiger partial charge in [-0.05, 0) is 33.6 Å². The molecule has 0 bridgehead atoms. The number of carbonyl (C=O) groups excluding carboxylic acids is 1. The predicted octanol–water partition coefficient (Wildman–Crippen LogP) is 2.63. The number of rotatable bonds is 3. The van der Waals surface area contributed by atoms with E-state index in [9.17, 15) is 9.18 Å². The van der Waals surface area contributed by atoms with Crippen LogP contribution in [0.5, 0.6) is 0 Å². The van der Waals surface area contributed by atoms with Gasteiger partial charge in [0.2, 0.25) is 0 Å². The van der Waals surface area contributed by atoms with Crippen LogP contribution in [0.4, 0.5) is 14.9 Å². The number of carbonyl (C=O) groups is 1. The first-order valence-corrected chi connectivity index (χ1v) is 5.92. The molecule has 1 aromatic heterocycles. The number of hydrogen-bond donors (Lipinski definition) is 3. The van der Waals surface area contributed by atoms with E-state index >= 15 is 0 Å². The van der Waals surface area contributed by atoms with Gasteiger partial charge in [0.15, 0.2) is 0 Å². The molecule has 1 heterocycles. The Kier molecular flexibility index (Phi) is 3.93. The van der Waals surface area contributed by atoms with E-state index in [1.54, 1.807) is 18.3 Å². The number of hydrogen-bond acceptors (Lipinski definition) is 2. The second-order valence-corrected chi connectivity index (χ2v) is 4.40. The lowest BCUT2D eigenvalue weighted by Gasteiger charge is -2.06. The molecule has 7 heteroatoms. The molecule has 18 heavy (non-hydrogen) atoms. The number of halogens is 2. The first kappa shape index (κ1) is 12.6. The Hall–Kier alpha value is -1.89. The number of amides is 2. The van der Waals surface area contributed by atoms with Gasteiger partial charge in [-0.15, -0.1) is 0 Å². The number of urea groups is 1. The van der Waals surface area contributed by atoms with Gasteiger partial charge in [-0.2, -0.15) is 5.10 Å². The quantitative estimate of drug-likeness (QED) is 0.815. The zero-order valence-corrected chi connectivity index (χ0v) is 10.8. The highest BCUT2D eigenvalue weighted by Crippen LogP contribution is 2.16. The summed E-state index contributed by atoms with van der Waals surface area (Å²) in [7, 11) is 0. The topological polar surface area (TPSA) is 69.8 Å². The average Bonchev–Trinajstić information content (AvgIpc) is 2.83. The monoisotopic (exact) mass is 312 g/mol. The molecule has 0 saturated heterocycles. The van der Waals surface area contributed by atoms with Gasteiger partial charge in [-0.25, -0.2) is 9.18 Å². The summed E-state index contributed by atoms with van der Waals surface area (Å²) in [6.45, 7) is 0.244. The number of aromatic amines is 1. The fraction of sp³-hybridized carbons (Fsp3) is 0.0909. The molecule has 3 N–H and O–H groups in total. The minimum Gasteiger partial charge on any atom is -0.334 e. The van der Waals surface area contributed by atoms with Crippen molar-refractivity contribution in [1.29, 1.82) is 0 Å². The average molecular weight is 313 g/mol. The van der Waals surface area contributed by atoms with E-state index in [0.717, 1.165) is 0 Å². The SMILES string of the molecule is O=C(NCc1ccc(Br)c(F)c1)Nc1cn[nH]c1. The Bertz CT molecular complexity index is 544. The van der Waals surface area contributed by atoms with Crippen LogP contribution >= 0.6 is 15.9 Å². The lowest BCUT2D eigenvalue weighted by molar-refractivity contribution is 0.251. The number of aromatic nitrogens is 2. The lowest BCUT2D eigenvalue weighted by Crippen LogP contribution is -2.28.